The van der Waals surface area contributed by atoms with Gasteiger partial charge in [0.1, 0.15) is 0 Å². The Balaban J connectivity index is 0. The number of hydrogen-bond donors (Lipinski definition) is 2. The zero-order valence-corrected chi connectivity index (χ0v) is 14.7. The molecule has 128 valence electrons. The molecule has 2 atom stereocenters. The third-order valence-electron chi connectivity index (χ3n) is 3.03. The molecule has 1 aliphatic carbocycles. The van der Waals surface area contributed by atoms with Crippen LogP contribution in [0.4, 0.5) is 0 Å². The number of rotatable bonds is 3. The molecule has 0 bridgehead atoms. The average molecular weight is 311 g/mol. The number of aliphatic hydroxyl groups excluding tert-OH is 1. The van der Waals surface area contributed by atoms with Gasteiger partial charge in [-0.1, -0.05) is 58.4 Å². The molecule has 1 unspecified atom stereocenters. The molecule has 0 amide bonds. The van der Waals surface area contributed by atoms with Gasteiger partial charge in [0.25, 0.3) is 6.47 Å². The first-order valence-corrected chi connectivity index (χ1v) is 7.95. The molecule has 4 heteroatoms. The monoisotopic (exact) mass is 311 g/mol. The van der Waals surface area contributed by atoms with Gasteiger partial charge in [-0.25, -0.2) is 0 Å². The van der Waals surface area contributed by atoms with Crippen LogP contribution < -0.4 is 5.73 Å². The summed E-state index contributed by atoms with van der Waals surface area (Å²) < 4.78 is 4.30. The van der Waals surface area contributed by atoms with Gasteiger partial charge in [-0.05, 0) is 29.9 Å². The molecule has 0 radical (unpaired) electrons. The molecule has 1 aromatic carbocycles. The highest BCUT2D eigenvalue weighted by molar-refractivity contribution is 5.37. The highest BCUT2D eigenvalue weighted by Crippen LogP contribution is 2.30. The van der Waals surface area contributed by atoms with Crippen LogP contribution in [0.5, 0.6) is 0 Å². The molecule has 0 saturated heterocycles. The van der Waals surface area contributed by atoms with Crippen LogP contribution >= 0.6 is 0 Å². The van der Waals surface area contributed by atoms with Crippen LogP contribution in [0, 0.1) is 0 Å². The van der Waals surface area contributed by atoms with Crippen LogP contribution in [0.2, 0.25) is 0 Å². The smallest absolute Gasteiger partial charge is 0.293 e. The number of carbonyl (C=O) groups excluding carboxylic acids is 1. The molecule has 0 fully saturated rings. The first-order chi connectivity index (χ1) is 10.6. The third-order valence-corrected chi connectivity index (χ3v) is 3.03. The Bertz CT molecular complexity index is 369. The van der Waals surface area contributed by atoms with Crippen molar-refractivity contribution in [3.8, 4) is 0 Å². The predicted molar refractivity (Wildman–Crippen MR) is 93.0 cm³/mol. The maximum absolute atomic E-state index is 9.34. The Morgan fingerprint density at radius 3 is 2.23 bits per heavy atom. The third kappa shape index (κ3) is 9.53. The second-order valence-electron chi connectivity index (χ2n) is 5.03. The number of ether oxygens (including phenoxy) is 1. The SMILES string of the molecule is CCC.CCCOC=O.CO.C[C@@H]1c2ccccc2CC1N. The number of aliphatic hydroxyl groups is 1. The van der Waals surface area contributed by atoms with Crippen molar-refractivity contribution in [2.75, 3.05) is 13.7 Å². The summed E-state index contributed by atoms with van der Waals surface area (Å²) in [6.07, 6.45) is 3.20. The van der Waals surface area contributed by atoms with E-state index in [9.17, 15) is 4.79 Å². The van der Waals surface area contributed by atoms with Crippen molar-refractivity contribution in [1.29, 1.82) is 0 Å². The van der Waals surface area contributed by atoms with E-state index in [2.05, 4.69) is 49.8 Å². The highest BCUT2D eigenvalue weighted by Gasteiger charge is 2.24. The van der Waals surface area contributed by atoms with Gasteiger partial charge in [0.05, 0.1) is 6.61 Å². The predicted octanol–water partition coefficient (Wildman–Crippen LogP) is 3.27. The van der Waals surface area contributed by atoms with Gasteiger partial charge in [0.2, 0.25) is 0 Å². The first kappa shape index (κ1) is 22.9. The molecular weight excluding hydrogens is 278 g/mol. The summed E-state index contributed by atoms with van der Waals surface area (Å²) in [7, 11) is 1.00. The molecule has 0 spiro atoms. The molecule has 1 aromatic rings. The fourth-order valence-corrected chi connectivity index (χ4v) is 1.99. The van der Waals surface area contributed by atoms with Gasteiger partial charge in [0.15, 0.2) is 0 Å². The van der Waals surface area contributed by atoms with E-state index in [1.807, 2.05) is 6.92 Å². The summed E-state index contributed by atoms with van der Waals surface area (Å²) in [6.45, 7) is 9.41. The molecule has 0 saturated carbocycles. The Labute approximate surface area is 135 Å². The second-order valence-corrected chi connectivity index (χ2v) is 5.03. The van der Waals surface area contributed by atoms with E-state index in [-0.39, 0.29) is 0 Å². The molecule has 0 aromatic heterocycles. The average Bonchev–Trinajstić information content (AvgIpc) is 2.84. The fourth-order valence-electron chi connectivity index (χ4n) is 1.99. The van der Waals surface area contributed by atoms with Gasteiger partial charge in [-0.15, -0.1) is 0 Å². The van der Waals surface area contributed by atoms with E-state index in [1.54, 1.807) is 0 Å². The number of hydrogen-bond acceptors (Lipinski definition) is 4. The minimum absolute atomic E-state index is 0.340. The molecule has 3 N–H and O–H groups in total. The van der Waals surface area contributed by atoms with E-state index in [1.165, 1.54) is 17.5 Å². The summed E-state index contributed by atoms with van der Waals surface area (Å²) in [5, 5.41) is 7.00. The van der Waals surface area contributed by atoms with Gasteiger partial charge in [-0.2, -0.15) is 0 Å². The number of carbonyl (C=O) groups is 1. The Kier molecular flexibility index (Phi) is 16.6. The van der Waals surface area contributed by atoms with Gasteiger partial charge in [0, 0.05) is 13.2 Å². The fraction of sp³-hybridized carbons (Fsp3) is 0.611. The van der Waals surface area contributed by atoms with Crippen molar-refractivity contribution in [3.05, 3.63) is 35.4 Å². The van der Waals surface area contributed by atoms with E-state index < -0.39 is 0 Å². The van der Waals surface area contributed by atoms with Crippen molar-refractivity contribution >= 4 is 6.47 Å². The van der Waals surface area contributed by atoms with Gasteiger partial charge >= 0.3 is 0 Å². The highest BCUT2D eigenvalue weighted by atomic mass is 16.5. The summed E-state index contributed by atoms with van der Waals surface area (Å²) in [6, 6.07) is 8.88. The zero-order valence-electron chi connectivity index (χ0n) is 14.7. The maximum atomic E-state index is 9.34. The number of benzene rings is 1. The van der Waals surface area contributed by atoms with Gasteiger partial charge in [-0.3, -0.25) is 4.79 Å². The molecule has 0 heterocycles. The number of fused-ring (bicyclic) bond motifs is 1. The van der Waals surface area contributed by atoms with Crippen LogP contribution in [0.1, 0.15) is 57.6 Å². The van der Waals surface area contributed by atoms with E-state index in [4.69, 9.17) is 10.8 Å². The van der Waals surface area contributed by atoms with Crippen LogP contribution in [-0.4, -0.2) is 31.3 Å². The van der Waals surface area contributed by atoms with E-state index in [0.29, 0.717) is 25.0 Å². The van der Waals surface area contributed by atoms with E-state index >= 15 is 0 Å². The topological polar surface area (TPSA) is 72.5 Å². The van der Waals surface area contributed by atoms with Crippen molar-refractivity contribution in [2.24, 2.45) is 5.73 Å². The molecule has 22 heavy (non-hydrogen) atoms. The quantitative estimate of drug-likeness (QED) is 0.664. The molecule has 2 rings (SSSR count). The minimum Gasteiger partial charge on any atom is -0.468 e. The first-order valence-electron chi connectivity index (χ1n) is 7.95. The lowest BCUT2D eigenvalue weighted by atomic mass is 10.0. The lowest BCUT2D eigenvalue weighted by Crippen LogP contribution is -2.22. The van der Waals surface area contributed by atoms with Crippen LogP contribution in [0.3, 0.4) is 0 Å². The Hall–Kier alpha value is -1.39. The van der Waals surface area contributed by atoms with Crippen molar-refractivity contribution in [2.45, 2.75) is 58.9 Å². The molecular formula is C18H33NO3. The van der Waals surface area contributed by atoms with E-state index in [0.717, 1.165) is 20.0 Å². The second kappa shape index (κ2) is 16.0. The maximum Gasteiger partial charge on any atom is 0.293 e. The van der Waals surface area contributed by atoms with Crippen LogP contribution in [0.25, 0.3) is 0 Å². The lowest BCUT2D eigenvalue weighted by molar-refractivity contribution is -0.128. The summed E-state index contributed by atoms with van der Waals surface area (Å²) in [5.41, 5.74) is 8.81. The van der Waals surface area contributed by atoms with Crippen molar-refractivity contribution in [3.63, 3.8) is 0 Å². The molecule has 4 nitrogen and oxygen atoms in total. The molecule has 1 aliphatic rings. The van der Waals surface area contributed by atoms with Crippen LogP contribution in [0.15, 0.2) is 24.3 Å². The largest absolute Gasteiger partial charge is 0.468 e. The minimum atomic E-state index is 0.340. The number of nitrogens with two attached hydrogens (primary N) is 1. The summed E-state index contributed by atoms with van der Waals surface area (Å²) in [5.74, 6) is 0.547. The summed E-state index contributed by atoms with van der Waals surface area (Å²) >= 11 is 0. The van der Waals surface area contributed by atoms with Crippen molar-refractivity contribution in [1.82, 2.24) is 0 Å². The zero-order chi connectivity index (χ0) is 17.4. The van der Waals surface area contributed by atoms with Crippen LogP contribution in [-0.2, 0) is 16.0 Å². The normalized spacial score (nSPS) is 17.4. The van der Waals surface area contributed by atoms with Crippen molar-refractivity contribution < 1.29 is 14.6 Å². The Morgan fingerprint density at radius 2 is 1.82 bits per heavy atom. The summed E-state index contributed by atoms with van der Waals surface area (Å²) in [4.78, 5) is 9.34. The standard InChI is InChI=1S/C10H13N.C4H8O2.C3H8.CH4O/c1-7-9-5-3-2-4-8(9)6-10(7)11;1-2-3-6-4-5;1-3-2;1-2/h2-5,7,10H,6,11H2,1H3;4H,2-3H2,1H3;3H2,1-2H3;2H,1H3/t7-,10?;;;/m1.../s1. The lowest BCUT2D eigenvalue weighted by Gasteiger charge is -2.08. The Morgan fingerprint density at radius 1 is 1.27 bits per heavy atom. The van der Waals surface area contributed by atoms with Gasteiger partial charge < -0.3 is 15.6 Å². The molecule has 0 aliphatic heterocycles.